The van der Waals surface area contributed by atoms with Gasteiger partial charge in [0.1, 0.15) is 5.69 Å². The molecular formula is C10H8N2O6. The minimum absolute atomic E-state index is 0.0450. The maximum Gasteiger partial charge on any atom is 0.296 e. The Balaban J connectivity index is 2.41. The van der Waals surface area contributed by atoms with Crippen LogP contribution < -0.4 is 14.8 Å². The number of Topliss-reactive ketones (excluding diaryl/α,β-unsaturated/α-hetero) is 1. The zero-order valence-corrected chi connectivity index (χ0v) is 9.26. The first-order valence-corrected chi connectivity index (χ1v) is 4.89. The van der Waals surface area contributed by atoms with Crippen LogP contribution in [0.3, 0.4) is 0 Å². The fraction of sp³-hybridized carbons (Fsp3) is 0.200. The van der Waals surface area contributed by atoms with Gasteiger partial charge in [0.25, 0.3) is 11.6 Å². The molecule has 1 aromatic rings. The summed E-state index contributed by atoms with van der Waals surface area (Å²) in [6.45, 7) is 1.02. The molecule has 0 spiro atoms. The molecular weight excluding hydrogens is 244 g/mol. The maximum atomic E-state index is 11.2. The van der Waals surface area contributed by atoms with Crippen LogP contribution in [-0.4, -0.2) is 23.4 Å². The highest BCUT2D eigenvalue weighted by Gasteiger charge is 2.25. The van der Waals surface area contributed by atoms with Gasteiger partial charge in [-0.1, -0.05) is 0 Å². The second-order valence-electron chi connectivity index (χ2n) is 3.49. The summed E-state index contributed by atoms with van der Waals surface area (Å²) >= 11 is 0. The Morgan fingerprint density at radius 3 is 2.50 bits per heavy atom. The highest BCUT2D eigenvalue weighted by atomic mass is 16.7. The number of nitro groups is 1. The van der Waals surface area contributed by atoms with Crippen LogP contribution in [-0.2, 0) is 9.59 Å². The van der Waals surface area contributed by atoms with Gasteiger partial charge in [-0.05, 0) is 0 Å². The first kappa shape index (κ1) is 11.8. The van der Waals surface area contributed by atoms with Crippen molar-refractivity contribution in [2.24, 2.45) is 0 Å². The van der Waals surface area contributed by atoms with E-state index < -0.39 is 16.6 Å². The molecule has 0 fully saturated rings. The van der Waals surface area contributed by atoms with Gasteiger partial charge in [-0.3, -0.25) is 19.7 Å². The Hall–Kier alpha value is -2.64. The number of nitro benzene ring substituents is 1. The second-order valence-corrected chi connectivity index (χ2v) is 3.49. The molecule has 0 saturated heterocycles. The molecule has 94 valence electrons. The Morgan fingerprint density at radius 1 is 1.33 bits per heavy atom. The number of benzene rings is 1. The van der Waals surface area contributed by atoms with E-state index in [1.54, 1.807) is 0 Å². The molecule has 8 heteroatoms. The van der Waals surface area contributed by atoms with Crippen LogP contribution in [0, 0.1) is 10.1 Å². The fourth-order valence-corrected chi connectivity index (χ4v) is 1.39. The van der Waals surface area contributed by atoms with Crippen LogP contribution >= 0.6 is 0 Å². The van der Waals surface area contributed by atoms with E-state index in [0.717, 1.165) is 13.0 Å². The third-order valence-electron chi connectivity index (χ3n) is 2.26. The summed E-state index contributed by atoms with van der Waals surface area (Å²) in [4.78, 5) is 32.2. The van der Waals surface area contributed by atoms with Crippen LogP contribution in [0.15, 0.2) is 12.1 Å². The molecule has 1 amide bonds. The molecule has 1 aliphatic heterocycles. The summed E-state index contributed by atoms with van der Waals surface area (Å²) in [5.41, 5.74) is -0.474. The van der Waals surface area contributed by atoms with Gasteiger partial charge in [0, 0.05) is 13.0 Å². The lowest BCUT2D eigenvalue weighted by Crippen LogP contribution is -2.20. The average Bonchev–Trinajstić information content (AvgIpc) is 2.74. The van der Waals surface area contributed by atoms with Crippen LogP contribution in [0.5, 0.6) is 11.5 Å². The van der Waals surface area contributed by atoms with Crippen molar-refractivity contribution in [3.05, 3.63) is 22.2 Å². The Bertz CT molecular complexity index is 554. The van der Waals surface area contributed by atoms with E-state index in [4.69, 9.17) is 9.47 Å². The number of amides is 1. The molecule has 0 aromatic heterocycles. The van der Waals surface area contributed by atoms with Gasteiger partial charge in [0.15, 0.2) is 11.5 Å². The predicted octanol–water partition coefficient (Wildman–Crippen LogP) is 0.851. The van der Waals surface area contributed by atoms with Gasteiger partial charge in [-0.2, -0.15) is 0 Å². The second kappa shape index (κ2) is 4.32. The molecule has 8 nitrogen and oxygen atoms in total. The van der Waals surface area contributed by atoms with Crippen molar-refractivity contribution in [3.63, 3.8) is 0 Å². The summed E-state index contributed by atoms with van der Waals surface area (Å²) in [6.07, 6.45) is 0. The predicted molar refractivity (Wildman–Crippen MR) is 58.5 cm³/mol. The minimum atomic E-state index is -0.933. The number of rotatable bonds is 3. The van der Waals surface area contributed by atoms with E-state index >= 15 is 0 Å². The number of nitrogens with zero attached hydrogens (tertiary/aromatic N) is 1. The van der Waals surface area contributed by atoms with Crippen LogP contribution in [0.2, 0.25) is 0 Å². The normalized spacial score (nSPS) is 12.1. The molecule has 0 unspecified atom stereocenters. The fourth-order valence-electron chi connectivity index (χ4n) is 1.39. The van der Waals surface area contributed by atoms with Gasteiger partial charge in [-0.25, -0.2) is 0 Å². The van der Waals surface area contributed by atoms with Crippen molar-refractivity contribution < 1.29 is 24.0 Å². The summed E-state index contributed by atoms with van der Waals surface area (Å²) < 4.78 is 10.0. The molecule has 1 heterocycles. The minimum Gasteiger partial charge on any atom is -0.454 e. The Morgan fingerprint density at radius 2 is 1.94 bits per heavy atom. The number of anilines is 1. The number of fused-ring (bicyclic) bond motifs is 1. The Labute approximate surface area is 101 Å². The van der Waals surface area contributed by atoms with E-state index in [2.05, 4.69) is 5.32 Å². The zero-order chi connectivity index (χ0) is 13.3. The van der Waals surface area contributed by atoms with Crippen molar-refractivity contribution in [2.45, 2.75) is 6.92 Å². The number of hydrogen-bond acceptors (Lipinski definition) is 6. The number of ether oxygens (including phenoxy) is 2. The van der Waals surface area contributed by atoms with Gasteiger partial charge in [-0.15, -0.1) is 0 Å². The monoisotopic (exact) mass is 252 g/mol. The topological polar surface area (TPSA) is 108 Å². The first-order valence-electron chi connectivity index (χ1n) is 4.89. The number of carbonyl (C=O) groups excluding carboxylic acids is 2. The molecule has 18 heavy (non-hydrogen) atoms. The van der Waals surface area contributed by atoms with Crippen LogP contribution in [0.1, 0.15) is 6.92 Å². The number of carbonyl (C=O) groups is 2. The highest BCUT2D eigenvalue weighted by Crippen LogP contribution is 2.40. The number of ketones is 1. The largest absolute Gasteiger partial charge is 0.454 e. The maximum absolute atomic E-state index is 11.2. The molecule has 2 rings (SSSR count). The van der Waals surface area contributed by atoms with E-state index in [9.17, 15) is 19.7 Å². The summed E-state index contributed by atoms with van der Waals surface area (Å²) in [5.74, 6) is -1.18. The standard InChI is InChI=1S/C10H8N2O6/c1-5(13)10(14)11-6-2-8-9(18-4-17-8)3-7(6)12(15)16/h2-3H,4H2,1H3,(H,11,14). The van der Waals surface area contributed by atoms with Gasteiger partial charge >= 0.3 is 0 Å². The van der Waals surface area contributed by atoms with E-state index in [-0.39, 0.29) is 29.7 Å². The molecule has 0 radical (unpaired) electrons. The van der Waals surface area contributed by atoms with E-state index in [1.165, 1.54) is 6.07 Å². The molecule has 1 N–H and O–H groups in total. The number of hydrogen-bond donors (Lipinski definition) is 1. The van der Waals surface area contributed by atoms with E-state index in [0.29, 0.717) is 0 Å². The van der Waals surface area contributed by atoms with Crippen LogP contribution in [0.25, 0.3) is 0 Å². The van der Waals surface area contributed by atoms with Crippen molar-refractivity contribution in [1.29, 1.82) is 0 Å². The first-order chi connectivity index (χ1) is 8.49. The third kappa shape index (κ3) is 2.08. The lowest BCUT2D eigenvalue weighted by atomic mass is 10.2. The van der Waals surface area contributed by atoms with Crippen molar-refractivity contribution in [2.75, 3.05) is 12.1 Å². The van der Waals surface area contributed by atoms with E-state index in [1.807, 2.05) is 0 Å². The molecule has 0 bridgehead atoms. The Kier molecular flexibility index (Phi) is 2.84. The zero-order valence-electron chi connectivity index (χ0n) is 9.26. The molecule has 1 aliphatic rings. The van der Waals surface area contributed by atoms with Crippen LogP contribution in [0.4, 0.5) is 11.4 Å². The molecule has 0 saturated carbocycles. The quantitative estimate of drug-likeness (QED) is 0.485. The van der Waals surface area contributed by atoms with Crippen molar-refractivity contribution >= 4 is 23.1 Å². The SMILES string of the molecule is CC(=O)C(=O)Nc1cc2c(cc1[N+](=O)[O-])OCO2. The number of nitrogens with one attached hydrogen (secondary N) is 1. The lowest BCUT2D eigenvalue weighted by molar-refractivity contribution is -0.384. The van der Waals surface area contributed by atoms with Crippen molar-refractivity contribution in [1.82, 2.24) is 0 Å². The smallest absolute Gasteiger partial charge is 0.296 e. The van der Waals surface area contributed by atoms with Gasteiger partial charge in [0.2, 0.25) is 12.6 Å². The average molecular weight is 252 g/mol. The lowest BCUT2D eigenvalue weighted by Gasteiger charge is -2.05. The molecule has 0 aliphatic carbocycles. The van der Waals surface area contributed by atoms with Gasteiger partial charge in [0.05, 0.1) is 11.0 Å². The van der Waals surface area contributed by atoms with Gasteiger partial charge < -0.3 is 14.8 Å². The highest BCUT2D eigenvalue weighted by molar-refractivity contribution is 6.39. The molecule has 1 aromatic carbocycles. The summed E-state index contributed by atoms with van der Waals surface area (Å²) in [7, 11) is 0. The summed E-state index contributed by atoms with van der Waals surface area (Å²) in [6, 6.07) is 2.39. The molecule has 0 atom stereocenters. The van der Waals surface area contributed by atoms with Crippen molar-refractivity contribution in [3.8, 4) is 11.5 Å². The summed E-state index contributed by atoms with van der Waals surface area (Å²) in [5, 5.41) is 13.0. The third-order valence-corrected chi connectivity index (χ3v) is 2.26.